The van der Waals surface area contributed by atoms with E-state index in [2.05, 4.69) is 15.6 Å². The highest BCUT2D eigenvalue weighted by molar-refractivity contribution is 5.86. The predicted molar refractivity (Wildman–Crippen MR) is 127 cm³/mol. The lowest BCUT2D eigenvalue weighted by molar-refractivity contribution is -0.123. The number of aromatic nitrogens is 1. The Morgan fingerprint density at radius 1 is 0.941 bits per heavy atom. The van der Waals surface area contributed by atoms with Crippen LogP contribution in [0.15, 0.2) is 83.4 Å². The number of fused-ring (bicyclic) bond motifs is 2. The van der Waals surface area contributed by atoms with Crippen molar-refractivity contribution in [2.45, 2.75) is 25.6 Å². The van der Waals surface area contributed by atoms with E-state index in [9.17, 15) is 13.6 Å². The summed E-state index contributed by atoms with van der Waals surface area (Å²) in [5.74, 6) is -1.38. The molecule has 1 amide bonds. The molecule has 3 N–H and O–H groups in total. The molecule has 172 valence electrons. The summed E-state index contributed by atoms with van der Waals surface area (Å²) in [6.07, 6.45) is 2.34. The normalized spacial score (nSPS) is 12.3. The van der Waals surface area contributed by atoms with Gasteiger partial charge in [0, 0.05) is 29.0 Å². The first kappa shape index (κ1) is 21.9. The van der Waals surface area contributed by atoms with Crippen LogP contribution in [0.3, 0.4) is 0 Å². The Bertz CT molecular complexity index is 1420. The Kier molecular flexibility index (Phi) is 6.10. The van der Waals surface area contributed by atoms with Crippen LogP contribution in [0.2, 0.25) is 0 Å². The largest absolute Gasteiger partial charge is 0.460 e. The van der Waals surface area contributed by atoms with Crippen molar-refractivity contribution in [3.8, 4) is 0 Å². The second kappa shape index (κ2) is 9.49. The number of nitrogens with one attached hydrogen (secondary N) is 3. The maximum absolute atomic E-state index is 13.5. The Morgan fingerprint density at radius 3 is 2.62 bits per heavy atom. The summed E-state index contributed by atoms with van der Waals surface area (Å²) >= 11 is 0. The number of benzene rings is 3. The van der Waals surface area contributed by atoms with Gasteiger partial charge in [-0.3, -0.25) is 10.1 Å². The molecule has 0 radical (unpaired) electrons. The van der Waals surface area contributed by atoms with E-state index in [0.717, 1.165) is 45.3 Å². The van der Waals surface area contributed by atoms with E-state index in [0.29, 0.717) is 18.5 Å². The van der Waals surface area contributed by atoms with Gasteiger partial charge in [-0.25, -0.2) is 8.78 Å². The Morgan fingerprint density at radius 2 is 1.76 bits per heavy atom. The summed E-state index contributed by atoms with van der Waals surface area (Å²) in [7, 11) is 0. The minimum atomic E-state index is -0.940. The second-order valence-corrected chi connectivity index (χ2v) is 8.21. The van der Waals surface area contributed by atoms with Crippen LogP contribution in [0.5, 0.6) is 0 Å². The molecule has 0 bridgehead atoms. The molecule has 1 unspecified atom stereocenters. The minimum Gasteiger partial charge on any atom is -0.460 e. The first-order chi connectivity index (χ1) is 16.6. The average molecular weight is 459 g/mol. The maximum atomic E-state index is 13.5. The van der Waals surface area contributed by atoms with Gasteiger partial charge in [0.15, 0.2) is 11.6 Å². The first-order valence-corrected chi connectivity index (χ1v) is 11.0. The SMILES string of the molecule is O=C(NCc1ccc(F)c(F)c1)C(Cc1c[nH]c2ccccc12)NCc1cc2ccccc2o1. The van der Waals surface area contributed by atoms with Crippen LogP contribution in [0.4, 0.5) is 8.78 Å². The van der Waals surface area contributed by atoms with E-state index in [1.165, 1.54) is 6.07 Å². The molecule has 5 aromatic rings. The van der Waals surface area contributed by atoms with E-state index in [-0.39, 0.29) is 12.5 Å². The number of hydrogen-bond acceptors (Lipinski definition) is 3. The predicted octanol–water partition coefficient (Wildman–Crippen LogP) is 5.21. The van der Waals surface area contributed by atoms with Gasteiger partial charge in [-0.1, -0.05) is 42.5 Å². The zero-order valence-electron chi connectivity index (χ0n) is 18.3. The number of carbonyl (C=O) groups is 1. The summed E-state index contributed by atoms with van der Waals surface area (Å²) < 4.78 is 32.6. The van der Waals surface area contributed by atoms with Crippen LogP contribution in [0.25, 0.3) is 21.9 Å². The average Bonchev–Trinajstić information content (AvgIpc) is 3.46. The highest BCUT2D eigenvalue weighted by Crippen LogP contribution is 2.21. The molecule has 0 saturated carbocycles. The first-order valence-electron chi connectivity index (χ1n) is 11.0. The third kappa shape index (κ3) is 4.70. The fourth-order valence-electron chi connectivity index (χ4n) is 4.09. The lowest BCUT2D eigenvalue weighted by atomic mass is 10.0. The van der Waals surface area contributed by atoms with E-state index in [1.54, 1.807) is 0 Å². The van der Waals surface area contributed by atoms with Crippen molar-refractivity contribution in [2.75, 3.05) is 0 Å². The van der Waals surface area contributed by atoms with Gasteiger partial charge in [-0.2, -0.15) is 0 Å². The van der Waals surface area contributed by atoms with Crippen molar-refractivity contribution in [1.82, 2.24) is 15.6 Å². The number of furan rings is 1. The van der Waals surface area contributed by atoms with Gasteiger partial charge in [0.1, 0.15) is 11.3 Å². The van der Waals surface area contributed by atoms with Crippen molar-refractivity contribution in [3.63, 3.8) is 0 Å². The number of hydrogen-bond donors (Lipinski definition) is 3. The monoisotopic (exact) mass is 459 g/mol. The number of para-hydroxylation sites is 2. The molecule has 0 aliphatic carbocycles. The molecule has 5 nitrogen and oxygen atoms in total. The number of H-pyrrole nitrogens is 1. The third-order valence-electron chi connectivity index (χ3n) is 5.87. The molecule has 0 aliphatic heterocycles. The van der Waals surface area contributed by atoms with Gasteiger partial charge in [-0.05, 0) is 47.9 Å². The summed E-state index contributed by atoms with van der Waals surface area (Å²) in [4.78, 5) is 16.4. The summed E-state index contributed by atoms with van der Waals surface area (Å²) in [5, 5.41) is 8.18. The Hall–Kier alpha value is -3.97. The molecule has 3 aromatic carbocycles. The van der Waals surface area contributed by atoms with Crippen LogP contribution >= 0.6 is 0 Å². The Balaban J connectivity index is 1.33. The summed E-state index contributed by atoms with van der Waals surface area (Å²) in [6, 6.07) is 20.6. The van der Waals surface area contributed by atoms with E-state index in [4.69, 9.17) is 4.42 Å². The summed E-state index contributed by atoms with van der Waals surface area (Å²) in [5.41, 5.74) is 3.27. The molecule has 2 aromatic heterocycles. The number of amides is 1. The molecular weight excluding hydrogens is 436 g/mol. The van der Waals surface area contributed by atoms with Gasteiger partial charge in [0.25, 0.3) is 0 Å². The van der Waals surface area contributed by atoms with Crippen LogP contribution in [-0.2, 0) is 24.3 Å². The van der Waals surface area contributed by atoms with E-state index in [1.807, 2.05) is 60.8 Å². The zero-order chi connectivity index (χ0) is 23.5. The Labute approximate surface area is 194 Å². The van der Waals surface area contributed by atoms with Crippen LogP contribution < -0.4 is 10.6 Å². The fourth-order valence-corrected chi connectivity index (χ4v) is 4.09. The van der Waals surface area contributed by atoms with Gasteiger partial charge < -0.3 is 14.7 Å². The molecule has 34 heavy (non-hydrogen) atoms. The molecule has 5 rings (SSSR count). The van der Waals surface area contributed by atoms with Gasteiger partial charge in [0.05, 0.1) is 12.6 Å². The van der Waals surface area contributed by atoms with Crippen molar-refractivity contribution < 1.29 is 18.0 Å². The lowest BCUT2D eigenvalue weighted by Crippen LogP contribution is -2.45. The number of carbonyl (C=O) groups excluding carboxylic acids is 1. The van der Waals surface area contributed by atoms with E-state index >= 15 is 0 Å². The number of rotatable bonds is 8. The van der Waals surface area contributed by atoms with Crippen molar-refractivity contribution in [3.05, 3.63) is 108 Å². The highest BCUT2D eigenvalue weighted by Gasteiger charge is 2.21. The second-order valence-electron chi connectivity index (χ2n) is 8.21. The molecule has 0 aliphatic rings. The molecule has 0 fully saturated rings. The minimum absolute atomic E-state index is 0.0900. The van der Waals surface area contributed by atoms with Crippen molar-refractivity contribution in [2.24, 2.45) is 0 Å². The number of halogens is 2. The highest BCUT2D eigenvalue weighted by atomic mass is 19.2. The van der Waals surface area contributed by atoms with Crippen LogP contribution in [-0.4, -0.2) is 16.9 Å². The molecule has 7 heteroatoms. The van der Waals surface area contributed by atoms with Crippen molar-refractivity contribution in [1.29, 1.82) is 0 Å². The van der Waals surface area contributed by atoms with Gasteiger partial charge in [-0.15, -0.1) is 0 Å². The van der Waals surface area contributed by atoms with E-state index < -0.39 is 17.7 Å². The zero-order valence-corrected chi connectivity index (χ0v) is 18.3. The fraction of sp³-hybridized carbons (Fsp3) is 0.148. The molecule has 0 saturated heterocycles. The quantitative estimate of drug-likeness (QED) is 0.298. The summed E-state index contributed by atoms with van der Waals surface area (Å²) in [6.45, 7) is 0.451. The maximum Gasteiger partial charge on any atom is 0.237 e. The standard InChI is InChI=1S/C27H23F2N3O2/c28-22-10-9-17(11-23(22)29)14-32-27(33)25(13-19-15-30-24-7-3-2-6-21(19)24)31-16-20-12-18-5-1-4-8-26(18)34-20/h1-12,15,25,30-31H,13-14,16H2,(H,32,33). The van der Waals surface area contributed by atoms with Crippen LogP contribution in [0.1, 0.15) is 16.9 Å². The molecule has 0 spiro atoms. The van der Waals surface area contributed by atoms with Crippen LogP contribution in [0, 0.1) is 11.6 Å². The number of aromatic amines is 1. The lowest BCUT2D eigenvalue weighted by Gasteiger charge is -2.18. The van der Waals surface area contributed by atoms with Gasteiger partial charge in [0.2, 0.25) is 5.91 Å². The topological polar surface area (TPSA) is 70.1 Å². The molecule has 1 atom stereocenters. The van der Waals surface area contributed by atoms with Gasteiger partial charge >= 0.3 is 0 Å². The van der Waals surface area contributed by atoms with Crippen molar-refractivity contribution >= 4 is 27.8 Å². The molecule has 2 heterocycles. The third-order valence-corrected chi connectivity index (χ3v) is 5.87. The molecular formula is C27H23F2N3O2. The smallest absolute Gasteiger partial charge is 0.237 e.